The van der Waals surface area contributed by atoms with E-state index < -0.39 is 0 Å². The zero-order valence-corrected chi connectivity index (χ0v) is 18.3. The second-order valence-electron chi connectivity index (χ2n) is 7.89. The van der Waals surface area contributed by atoms with Crippen molar-refractivity contribution in [3.8, 4) is 23.1 Å². The fourth-order valence-corrected chi connectivity index (χ4v) is 4.18. The maximum Gasteiger partial charge on any atom is 0.120 e. The molecule has 1 fully saturated rings. The molecule has 0 spiro atoms. The Morgan fingerprint density at radius 3 is 2.48 bits per heavy atom. The van der Waals surface area contributed by atoms with Crippen molar-refractivity contribution < 1.29 is 4.74 Å². The van der Waals surface area contributed by atoms with E-state index in [1.165, 1.54) is 5.69 Å². The van der Waals surface area contributed by atoms with E-state index in [2.05, 4.69) is 28.0 Å². The molecular weight excluding hydrogens is 386 g/mol. The molecule has 0 radical (unpaired) electrons. The van der Waals surface area contributed by atoms with Gasteiger partial charge in [0.05, 0.1) is 12.8 Å². The number of aryl methyl sites for hydroxylation is 1. The van der Waals surface area contributed by atoms with Crippen molar-refractivity contribution in [1.82, 2.24) is 14.7 Å². The molecule has 0 unspecified atom stereocenters. The normalized spacial score (nSPS) is 14.4. The van der Waals surface area contributed by atoms with Crippen LogP contribution in [0.3, 0.4) is 0 Å². The van der Waals surface area contributed by atoms with E-state index in [-0.39, 0.29) is 0 Å². The minimum atomic E-state index is 0.679. The van der Waals surface area contributed by atoms with Crippen LogP contribution in [0.4, 0.5) is 5.69 Å². The zero-order chi connectivity index (χ0) is 21.6. The summed E-state index contributed by atoms with van der Waals surface area (Å²) in [5, 5.41) is 14.4. The predicted octanol–water partition coefficient (Wildman–Crippen LogP) is 3.95. The molecule has 0 saturated carbocycles. The van der Waals surface area contributed by atoms with Crippen molar-refractivity contribution >= 4 is 5.69 Å². The number of ether oxygens (including phenoxy) is 1. The van der Waals surface area contributed by atoms with Gasteiger partial charge in [-0.15, -0.1) is 0 Å². The first-order chi connectivity index (χ1) is 15.2. The molecule has 0 aliphatic carbocycles. The lowest BCUT2D eigenvalue weighted by Crippen LogP contribution is -2.46. The lowest BCUT2D eigenvalue weighted by molar-refractivity contribution is 0.248. The molecule has 6 nitrogen and oxygen atoms in total. The molecule has 3 aromatic rings. The summed E-state index contributed by atoms with van der Waals surface area (Å²) in [7, 11) is 1.71. The molecule has 2 heterocycles. The van der Waals surface area contributed by atoms with Gasteiger partial charge in [0.2, 0.25) is 0 Å². The number of anilines is 1. The van der Waals surface area contributed by atoms with Crippen molar-refractivity contribution in [3.05, 3.63) is 65.9 Å². The van der Waals surface area contributed by atoms with Crippen LogP contribution in [-0.2, 0) is 6.54 Å². The molecule has 1 aliphatic heterocycles. The number of nitrogens with zero attached hydrogens (tertiary/aromatic N) is 5. The smallest absolute Gasteiger partial charge is 0.120 e. The summed E-state index contributed by atoms with van der Waals surface area (Å²) < 4.78 is 7.35. The van der Waals surface area contributed by atoms with Gasteiger partial charge in [0.25, 0.3) is 0 Å². The number of hydrogen-bond donors (Lipinski definition) is 0. The van der Waals surface area contributed by atoms with Crippen LogP contribution in [-0.4, -0.2) is 54.5 Å². The molecule has 4 rings (SSSR count). The molecule has 2 aromatic carbocycles. The highest BCUT2D eigenvalue weighted by molar-refractivity contribution is 5.67. The SMILES string of the molecule is COc1cccc(N2CCN(CCCn3nc(-c4ccccc4)c(C#N)c3C)CC2)c1. The largest absolute Gasteiger partial charge is 0.497 e. The number of aromatic nitrogens is 2. The van der Waals surface area contributed by atoms with E-state index in [9.17, 15) is 5.26 Å². The Hall–Kier alpha value is -3.30. The fourth-order valence-electron chi connectivity index (χ4n) is 4.18. The highest BCUT2D eigenvalue weighted by Gasteiger charge is 2.19. The summed E-state index contributed by atoms with van der Waals surface area (Å²) in [6.07, 6.45) is 1.01. The van der Waals surface area contributed by atoms with Gasteiger partial charge < -0.3 is 9.64 Å². The average Bonchev–Trinajstić information content (AvgIpc) is 3.15. The maximum absolute atomic E-state index is 9.63. The second-order valence-corrected chi connectivity index (χ2v) is 7.89. The van der Waals surface area contributed by atoms with Crippen LogP contribution in [0.5, 0.6) is 5.75 Å². The minimum Gasteiger partial charge on any atom is -0.497 e. The molecule has 0 bridgehead atoms. The number of methoxy groups -OCH3 is 1. The Labute approximate surface area is 184 Å². The van der Waals surface area contributed by atoms with Gasteiger partial charge >= 0.3 is 0 Å². The van der Waals surface area contributed by atoms with E-state index in [0.717, 1.165) is 68.4 Å². The molecule has 0 amide bonds. The van der Waals surface area contributed by atoms with Gasteiger partial charge in [-0.2, -0.15) is 10.4 Å². The Balaban J connectivity index is 1.31. The van der Waals surface area contributed by atoms with Crippen LogP contribution in [0.15, 0.2) is 54.6 Å². The Bertz CT molecular complexity index is 1050. The molecule has 6 heteroatoms. The summed E-state index contributed by atoms with van der Waals surface area (Å²) in [5.74, 6) is 0.904. The summed E-state index contributed by atoms with van der Waals surface area (Å²) in [4.78, 5) is 4.93. The van der Waals surface area contributed by atoms with E-state index in [1.807, 2.05) is 54.1 Å². The van der Waals surface area contributed by atoms with Crippen LogP contribution in [0.1, 0.15) is 17.7 Å². The maximum atomic E-state index is 9.63. The number of piperazine rings is 1. The summed E-state index contributed by atoms with van der Waals surface area (Å²) >= 11 is 0. The quantitative estimate of drug-likeness (QED) is 0.585. The van der Waals surface area contributed by atoms with Gasteiger partial charge in [-0.3, -0.25) is 9.58 Å². The number of benzene rings is 2. The first kappa shape index (κ1) is 21.0. The first-order valence-electron chi connectivity index (χ1n) is 10.8. The molecule has 0 atom stereocenters. The van der Waals surface area contributed by atoms with E-state index in [1.54, 1.807) is 7.11 Å². The molecule has 31 heavy (non-hydrogen) atoms. The van der Waals surface area contributed by atoms with Crippen LogP contribution in [0, 0.1) is 18.3 Å². The molecule has 1 saturated heterocycles. The van der Waals surface area contributed by atoms with Crippen LogP contribution in [0.2, 0.25) is 0 Å². The first-order valence-corrected chi connectivity index (χ1v) is 10.8. The van der Waals surface area contributed by atoms with Crippen LogP contribution < -0.4 is 9.64 Å². The van der Waals surface area contributed by atoms with Gasteiger partial charge in [-0.05, 0) is 25.5 Å². The fraction of sp³-hybridized carbons (Fsp3) is 0.360. The standard InChI is InChI=1S/C25H29N5O/c1-20-24(19-26)25(21-8-4-3-5-9-21)27-30(20)13-7-12-28-14-16-29(17-15-28)22-10-6-11-23(18-22)31-2/h3-6,8-11,18H,7,12-17H2,1-2H3. The van der Waals surface area contributed by atoms with E-state index >= 15 is 0 Å². The van der Waals surface area contributed by atoms with Gasteiger partial charge in [0, 0.05) is 56.6 Å². The van der Waals surface area contributed by atoms with E-state index in [4.69, 9.17) is 9.84 Å². The topological polar surface area (TPSA) is 57.3 Å². The molecule has 0 N–H and O–H groups in total. The van der Waals surface area contributed by atoms with Gasteiger partial charge in [0.1, 0.15) is 23.1 Å². The Morgan fingerprint density at radius 2 is 1.77 bits per heavy atom. The van der Waals surface area contributed by atoms with Crippen molar-refractivity contribution in [3.63, 3.8) is 0 Å². The highest BCUT2D eigenvalue weighted by atomic mass is 16.5. The van der Waals surface area contributed by atoms with Gasteiger partial charge in [-0.1, -0.05) is 36.4 Å². The van der Waals surface area contributed by atoms with E-state index in [0.29, 0.717) is 5.56 Å². The summed E-state index contributed by atoms with van der Waals surface area (Å²) in [6, 6.07) is 20.6. The third-order valence-corrected chi connectivity index (χ3v) is 6.00. The zero-order valence-electron chi connectivity index (χ0n) is 18.3. The van der Waals surface area contributed by atoms with Crippen molar-refractivity contribution in [2.24, 2.45) is 0 Å². The molecule has 1 aliphatic rings. The summed E-state index contributed by atoms with van der Waals surface area (Å²) in [6.45, 7) is 7.99. The number of hydrogen-bond acceptors (Lipinski definition) is 5. The van der Waals surface area contributed by atoms with Crippen molar-refractivity contribution in [2.75, 3.05) is 44.7 Å². The third kappa shape index (κ3) is 4.73. The Kier molecular flexibility index (Phi) is 6.54. The lowest BCUT2D eigenvalue weighted by Gasteiger charge is -2.36. The number of nitriles is 1. The Morgan fingerprint density at radius 1 is 1.00 bits per heavy atom. The minimum absolute atomic E-state index is 0.679. The monoisotopic (exact) mass is 415 g/mol. The predicted molar refractivity (Wildman–Crippen MR) is 123 cm³/mol. The van der Waals surface area contributed by atoms with Gasteiger partial charge in [-0.25, -0.2) is 0 Å². The van der Waals surface area contributed by atoms with Crippen molar-refractivity contribution in [1.29, 1.82) is 5.26 Å². The molecular formula is C25H29N5O. The average molecular weight is 416 g/mol. The molecule has 160 valence electrons. The van der Waals surface area contributed by atoms with Gasteiger partial charge in [0.15, 0.2) is 0 Å². The molecule has 1 aromatic heterocycles. The second kappa shape index (κ2) is 9.67. The lowest BCUT2D eigenvalue weighted by atomic mass is 10.1. The van der Waals surface area contributed by atoms with Crippen LogP contribution >= 0.6 is 0 Å². The van der Waals surface area contributed by atoms with Crippen LogP contribution in [0.25, 0.3) is 11.3 Å². The highest BCUT2D eigenvalue weighted by Crippen LogP contribution is 2.25. The third-order valence-electron chi connectivity index (χ3n) is 6.00. The summed E-state index contributed by atoms with van der Waals surface area (Å²) in [5.41, 5.74) is 4.63. The number of rotatable bonds is 7. The van der Waals surface area contributed by atoms with Crippen molar-refractivity contribution in [2.45, 2.75) is 19.9 Å².